The molecule has 1 aromatic heterocycles. The lowest BCUT2D eigenvalue weighted by Crippen LogP contribution is -2.35. The highest BCUT2D eigenvalue weighted by Gasteiger charge is 2.21. The number of nitrogen functional groups attached to an aromatic ring is 1. The highest BCUT2D eigenvalue weighted by molar-refractivity contribution is 5.84. The largest absolute Gasteiger partial charge is 0.398 e. The van der Waals surface area contributed by atoms with E-state index < -0.39 is 0 Å². The molecular weight excluding hydrogens is 260 g/mol. The maximum Gasteiger partial charge on any atom is 0.206 e. The predicted molar refractivity (Wildman–Crippen MR) is 89.8 cm³/mol. The average molecular weight is 286 g/mol. The van der Waals surface area contributed by atoms with Crippen LogP contribution in [0.4, 0.5) is 11.6 Å². The van der Waals surface area contributed by atoms with Crippen LogP contribution in [0.3, 0.4) is 0 Å². The zero-order chi connectivity index (χ0) is 15.1. The Kier molecular flexibility index (Phi) is 3.56. The van der Waals surface area contributed by atoms with Gasteiger partial charge in [-0.2, -0.15) is 0 Å². The summed E-state index contributed by atoms with van der Waals surface area (Å²) in [5, 5.41) is 0. The number of anilines is 2. The van der Waals surface area contributed by atoms with Crippen LogP contribution in [0.5, 0.6) is 0 Å². The second-order valence-corrected chi connectivity index (χ2v) is 6.79. The summed E-state index contributed by atoms with van der Waals surface area (Å²) in [4.78, 5) is 7.26. The molecule has 4 nitrogen and oxygen atoms in total. The van der Waals surface area contributed by atoms with Gasteiger partial charge < -0.3 is 15.2 Å². The molecule has 2 heterocycles. The molecule has 0 spiro atoms. The SMILES string of the molecule is CC(C)c1cc2c(cc1N)nc(N1CCC[C@@H](C)C1)n2C. The Morgan fingerprint density at radius 3 is 2.76 bits per heavy atom. The molecule has 2 N–H and O–H groups in total. The molecule has 1 fully saturated rings. The maximum atomic E-state index is 6.18. The number of fused-ring (bicyclic) bond motifs is 1. The van der Waals surface area contributed by atoms with Gasteiger partial charge in [-0.1, -0.05) is 20.8 Å². The second-order valence-electron chi connectivity index (χ2n) is 6.79. The Bertz CT molecular complexity index is 656. The van der Waals surface area contributed by atoms with Crippen LogP contribution < -0.4 is 10.6 Å². The fourth-order valence-corrected chi connectivity index (χ4v) is 3.41. The van der Waals surface area contributed by atoms with Gasteiger partial charge >= 0.3 is 0 Å². The van der Waals surface area contributed by atoms with E-state index in [9.17, 15) is 0 Å². The van der Waals surface area contributed by atoms with Crippen molar-refractivity contribution in [1.82, 2.24) is 9.55 Å². The molecule has 1 atom stereocenters. The van der Waals surface area contributed by atoms with Gasteiger partial charge in [0.1, 0.15) is 0 Å². The fourth-order valence-electron chi connectivity index (χ4n) is 3.41. The van der Waals surface area contributed by atoms with Crippen LogP contribution in [0.25, 0.3) is 11.0 Å². The quantitative estimate of drug-likeness (QED) is 0.859. The lowest BCUT2D eigenvalue weighted by molar-refractivity contribution is 0.440. The van der Waals surface area contributed by atoms with Crippen molar-refractivity contribution in [2.75, 3.05) is 23.7 Å². The summed E-state index contributed by atoms with van der Waals surface area (Å²) in [7, 11) is 2.12. The van der Waals surface area contributed by atoms with E-state index in [1.54, 1.807) is 0 Å². The van der Waals surface area contributed by atoms with Crippen molar-refractivity contribution in [3.8, 4) is 0 Å². The third-order valence-corrected chi connectivity index (χ3v) is 4.62. The van der Waals surface area contributed by atoms with E-state index in [1.807, 2.05) is 6.07 Å². The molecule has 114 valence electrons. The summed E-state index contributed by atoms with van der Waals surface area (Å²) in [5.74, 6) is 2.26. The first kappa shape index (κ1) is 14.2. The molecule has 4 heteroatoms. The van der Waals surface area contributed by atoms with Gasteiger partial charge in [0, 0.05) is 25.8 Å². The van der Waals surface area contributed by atoms with E-state index in [-0.39, 0.29) is 0 Å². The van der Waals surface area contributed by atoms with E-state index in [0.717, 1.165) is 36.2 Å². The maximum absolute atomic E-state index is 6.18. The van der Waals surface area contributed by atoms with Crippen molar-refractivity contribution in [2.45, 2.75) is 39.5 Å². The van der Waals surface area contributed by atoms with Crippen molar-refractivity contribution in [3.63, 3.8) is 0 Å². The minimum atomic E-state index is 0.433. The Morgan fingerprint density at radius 1 is 1.33 bits per heavy atom. The Hall–Kier alpha value is -1.71. The molecule has 21 heavy (non-hydrogen) atoms. The lowest BCUT2D eigenvalue weighted by atomic mass is 10.0. The van der Waals surface area contributed by atoms with Crippen LogP contribution in [0.2, 0.25) is 0 Å². The zero-order valence-corrected chi connectivity index (χ0v) is 13.6. The standard InChI is InChI=1S/C17H26N4/c1-11(2)13-8-16-15(9-14(13)18)19-17(20(16)4)21-7-5-6-12(3)10-21/h8-9,11-12H,5-7,10,18H2,1-4H3/t12-/m1/s1. The summed E-state index contributed by atoms with van der Waals surface area (Å²) in [6.07, 6.45) is 2.58. The van der Waals surface area contributed by atoms with Crippen LogP contribution in [0, 0.1) is 5.92 Å². The third-order valence-electron chi connectivity index (χ3n) is 4.62. The molecule has 3 rings (SSSR count). The number of benzene rings is 1. The van der Waals surface area contributed by atoms with Gasteiger partial charge in [0.15, 0.2) is 0 Å². The number of aryl methyl sites for hydroxylation is 1. The molecule has 0 bridgehead atoms. The van der Waals surface area contributed by atoms with Crippen LogP contribution in [0.15, 0.2) is 12.1 Å². The predicted octanol–water partition coefficient (Wildman–Crippen LogP) is 3.52. The van der Waals surface area contributed by atoms with Gasteiger partial charge in [-0.15, -0.1) is 0 Å². The van der Waals surface area contributed by atoms with E-state index in [4.69, 9.17) is 10.7 Å². The first-order valence-electron chi connectivity index (χ1n) is 7.98. The van der Waals surface area contributed by atoms with Crippen molar-refractivity contribution in [2.24, 2.45) is 13.0 Å². The summed E-state index contributed by atoms with van der Waals surface area (Å²) < 4.78 is 2.22. The molecular formula is C17H26N4. The Balaban J connectivity index is 2.07. The summed E-state index contributed by atoms with van der Waals surface area (Å²) in [6.45, 7) is 8.89. The van der Waals surface area contributed by atoms with Gasteiger partial charge in [-0.05, 0) is 42.4 Å². The van der Waals surface area contributed by atoms with E-state index in [1.165, 1.54) is 23.9 Å². The number of nitrogens with two attached hydrogens (primary N) is 1. The normalized spacial score (nSPS) is 19.7. The molecule has 1 aromatic carbocycles. The molecule has 0 radical (unpaired) electrons. The number of hydrogen-bond donors (Lipinski definition) is 1. The molecule has 0 aliphatic carbocycles. The van der Waals surface area contributed by atoms with Crippen molar-refractivity contribution >= 4 is 22.7 Å². The molecule has 0 unspecified atom stereocenters. The summed E-state index contributed by atoms with van der Waals surface area (Å²) in [6, 6.07) is 4.24. The molecule has 0 saturated carbocycles. The Labute approximate surface area is 126 Å². The summed E-state index contributed by atoms with van der Waals surface area (Å²) >= 11 is 0. The Morgan fingerprint density at radius 2 is 2.10 bits per heavy atom. The van der Waals surface area contributed by atoms with Crippen LogP contribution >= 0.6 is 0 Å². The van der Waals surface area contributed by atoms with Crippen LogP contribution in [0.1, 0.15) is 45.1 Å². The minimum absolute atomic E-state index is 0.433. The average Bonchev–Trinajstić information content (AvgIpc) is 2.74. The zero-order valence-electron chi connectivity index (χ0n) is 13.6. The molecule has 0 amide bonds. The first-order chi connectivity index (χ1) is 9.97. The van der Waals surface area contributed by atoms with Crippen molar-refractivity contribution < 1.29 is 0 Å². The second kappa shape index (κ2) is 5.24. The number of rotatable bonds is 2. The van der Waals surface area contributed by atoms with Gasteiger partial charge in [0.05, 0.1) is 11.0 Å². The highest BCUT2D eigenvalue weighted by Crippen LogP contribution is 2.31. The van der Waals surface area contributed by atoms with Gasteiger partial charge in [0.2, 0.25) is 5.95 Å². The number of piperidine rings is 1. The van der Waals surface area contributed by atoms with E-state index >= 15 is 0 Å². The molecule has 2 aromatic rings. The van der Waals surface area contributed by atoms with Gasteiger partial charge in [-0.25, -0.2) is 4.98 Å². The third kappa shape index (κ3) is 2.47. The fraction of sp³-hybridized carbons (Fsp3) is 0.588. The lowest BCUT2D eigenvalue weighted by Gasteiger charge is -2.31. The van der Waals surface area contributed by atoms with E-state index in [0.29, 0.717) is 5.92 Å². The molecule has 1 aliphatic rings. The topological polar surface area (TPSA) is 47.1 Å². The minimum Gasteiger partial charge on any atom is -0.398 e. The van der Waals surface area contributed by atoms with E-state index in [2.05, 4.69) is 43.4 Å². The van der Waals surface area contributed by atoms with Crippen LogP contribution in [-0.2, 0) is 7.05 Å². The smallest absolute Gasteiger partial charge is 0.206 e. The monoisotopic (exact) mass is 286 g/mol. The van der Waals surface area contributed by atoms with Crippen LogP contribution in [-0.4, -0.2) is 22.6 Å². The molecule has 1 saturated heterocycles. The van der Waals surface area contributed by atoms with Gasteiger partial charge in [-0.3, -0.25) is 0 Å². The summed E-state index contributed by atoms with van der Waals surface area (Å²) in [5.41, 5.74) is 10.4. The number of imidazole rings is 1. The van der Waals surface area contributed by atoms with Gasteiger partial charge in [0.25, 0.3) is 0 Å². The number of nitrogens with zero attached hydrogens (tertiary/aromatic N) is 3. The van der Waals surface area contributed by atoms with Crippen molar-refractivity contribution in [3.05, 3.63) is 17.7 Å². The molecule has 1 aliphatic heterocycles. The number of hydrogen-bond acceptors (Lipinski definition) is 3. The highest BCUT2D eigenvalue weighted by atomic mass is 15.3. The number of aromatic nitrogens is 2. The first-order valence-corrected chi connectivity index (χ1v) is 7.98. The van der Waals surface area contributed by atoms with Crippen molar-refractivity contribution in [1.29, 1.82) is 0 Å².